The molecule has 24 heavy (non-hydrogen) atoms. The maximum atomic E-state index is 12.1. The summed E-state index contributed by atoms with van der Waals surface area (Å²) in [7, 11) is -0.538. The molecular formula is C16H26N2O5S. The van der Waals surface area contributed by atoms with Crippen molar-refractivity contribution < 1.29 is 22.7 Å². The van der Waals surface area contributed by atoms with Crippen molar-refractivity contribution in [2.24, 2.45) is 0 Å². The van der Waals surface area contributed by atoms with Crippen molar-refractivity contribution in [3.63, 3.8) is 0 Å². The van der Waals surface area contributed by atoms with E-state index in [0.717, 1.165) is 19.1 Å². The summed E-state index contributed by atoms with van der Waals surface area (Å²) >= 11 is 0. The van der Waals surface area contributed by atoms with Gasteiger partial charge < -0.3 is 14.8 Å². The second-order valence-corrected chi connectivity index (χ2v) is 7.23. The minimum Gasteiger partial charge on any atom is -0.497 e. The molecule has 1 amide bonds. The van der Waals surface area contributed by atoms with E-state index in [9.17, 15) is 13.2 Å². The zero-order valence-corrected chi connectivity index (χ0v) is 15.5. The van der Waals surface area contributed by atoms with Crippen LogP contribution in [-0.4, -0.2) is 47.9 Å². The molecule has 0 spiro atoms. The number of rotatable bonds is 10. The van der Waals surface area contributed by atoms with Crippen LogP contribution in [0, 0.1) is 0 Å². The fourth-order valence-electron chi connectivity index (χ4n) is 2.18. The van der Waals surface area contributed by atoms with E-state index >= 15 is 0 Å². The molecule has 0 aliphatic heterocycles. The summed E-state index contributed by atoms with van der Waals surface area (Å²) in [5.41, 5.74) is 0.406. The Morgan fingerprint density at radius 2 is 1.96 bits per heavy atom. The number of unbranched alkanes of at least 4 members (excludes halogenated alkanes) is 1. The third-order valence-electron chi connectivity index (χ3n) is 3.45. The number of nitrogens with zero attached hydrogens (tertiary/aromatic N) is 1. The van der Waals surface area contributed by atoms with Crippen LogP contribution >= 0.6 is 0 Å². The van der Waals surface area contributed by atoms with Gasteiger partial charge in [0.2, 0.25) is 15.9 Å². The molecule has 1 aromatic carbocycles. The van der Waals surface area contributed by atoms with Crippen LogP contribution < -0.4 is 19.1 Å². The van der Waals surface area contributed by atoms with Gasteiger partial charge in [-0.1, -0.05) is 13.3 Å². The molecule has 1 rings (SSSR count). The molecule has 8 heteroatoms. The first-order chi connectivity index (χ1) is 11.3. The molecular weight excluding hydrogens is 332 g/mol. The van der Waals surface area contributed by atoms with E-state index < -0.39 is 10.0 Å². The van der Waals surface area contributed by atoms with E-state index in [-0.39, 0.29) is 19.0 Å². The molecule has 0 radical (unpaired) electrons. The summed E-state index contributed by atoms with van der Waals surface area (Å²) in [6, 6.07) is 4.90. The lowest BCUT2D eigenvalue weighted by Crippen LogP contribution is -2.38. The summed E-state index contributed by atoms with van der Waals surface area (Å²) in [5.74, 6) is 0.876. The normalized spacial score (nSPS) is 11.0. The largest absolute Gasteiger partial charge is 0.497 e. The summed E-state index contributed by atoms with van der Waals surface area (Å²) in [6.07, 6.45) is 3.32. The molecule has 0 heterocycles. The molecule has 0 saturated carbocycles. The van der Waals surface area contributed by atoms with Gasteiger partial charge in [-0.15, -0.1) is 0 Å². The highest BCUT2D eigenvalue weighted by Gasteiger charge is 2.21. The SMILES string of the molecule is CCCCC(=O)NCCN(c1ccc(OC)cc1OC)S(C)(=O)=O. The number of carbonyl (C=O) groups is 1. The number of hydrogen-bond donors (Lipinski definition) is 1. The quantitative estimate of drug-likeness (QED) is 0.689. The van der Waals surface area contributed by atoms with Gasteiger partial charge in [-0.2, -0.15) is 0 Å². The highest BCUT2D eigenvalue weighted by molar-refractivity contribution is 7.92. The van der Waals surface area contributed by atoms with Gasteiger partial charge in [-0.25, -0.2) is 8.42 Å². The van der Waals surface area contributed by atoms with E-state index in [1.807, 2.05) is 6.92 Å². The first kappa shape index (κ1) is 20.1. The highest BCUT2D eigenvalue weighted by Crippen LogP contribution is 2.33. The maximum Gasteiger partial charge on any atom is 0.232 e. The van der Waals surface area contributed by atoms with Gasteiger partial charge in [0.05, 0.1) is 32.7 Å². The van der Waals surface area contributed by atoms with Crippen LogP contribution in [0.2, 0.25) is 0 Å². The van der Waals surface area contributed by atoms with Gasteiger partial charge in [0.15, 0.2) is 0 Å². The maximum absolute atomic E-state index is 12.1. The van der Waals surface area contributed by atoms with Crippen LogP contribution in [0.1, 0.15) is 26.2 Å². The van der Waals surface area contributed by atoms with Gasteiger partial charge in [-0.05, 0) is 18.6 Å². The van der Waals surface area contributed by atoms with Crippen LogP contribution in [0.5, 0.6) is 11.5 Å². The molecule has 0 aliphatic carbocycles. The second-order valence-electron chi connectivity index (χ2n) is 5.33. The van der Waals surface area contributed by atoms with Crippen molar-refractivity contribution in [3.8, 4) is 11.5 Å². The number of anilines is 1. The molecule has 1 aromatic rings. The smallest absolute Gasteiger partial charge is 0.232 e. The lowest BCUT2D eigenvalue weighted by molar-refractivity contribution is -0.121. The molecule has 0 saturated heterocycles. The zero-order chi connectivity index (χ0) is 18.2. The first-order valence-corrected chi connectivity index (χ1v) is 9.64. The van der Waals surface area contributed by atoms with E-state index in [4.69, 9.17) is 9.47 Å². The summed E-state index contributed by atoms with van der Waals surface area (Å²) < 4.78 is 35.9. The second kappa shape index (κ2) is 9.36. The fraction of sp³-hybridized carbons (Fsp3) is 0.562. The molecule has 136 valence electrons. The van der Waals surface area contributed by atoms with Gasteiger partial charge in [0.25, 0.3) is 0 Å². The predicted octanol–water partition coefficient (Wildman–Crippen LogP) is 1.78. The Bertz CT molecular complexity index is 646. The van der Waals surface area contributed by atoms with Crippen molar-refractivity contribution in [1.82, 2.24) is 5.32 Å². The van der Waals surface area contributed by atoms with E-state index in [2.05, 4.69) is 5.32 Å². The summed E-state index contributed by atoms with van der Waals surface area (Å²) in [4.78, 5) is 11.7. The monoisotopic (exact) mass is 358 g/mol. The topological polar surface area (TPSA) is 84.9 Å². The van der Waals surface area contributed by atoms with Gasteiger partial charge in [0.1, 0.15) is 11.5 Å². The number of hydrogen-bond acceptors (Lipinski definition) is 5. The van der Waals surface area contributed by atoms with Gasteiger partial charge in [0, 0.05) is 19.0 Å². The Balaban J connectivity index is 2.89. The number of benzene rings is 1. The lowest BCUT2D eigenvalue weighted by Gasteiger charge is -2.24. The van der Waals surface area contributed by atoms with Crippen molar-refractivity contribution >= 4 is 21.6 Å². The highest BCUT2D eigenvalue weighted by atomic mass is 32.2. The Morgan fingerprint density at radius 3 is 2.50 bits per heavy atom. The van der Waals surface area contributed by atoms with Crippen molar-refractivity contribution in [3.05, 3.63) is 18.2 Å². The number of nitrogens with one attached hydrogen (secondary N) is 1. The zero-order valence-electron chi connectivity index (χ0n) is 14.7. The molecule has 0 atom stereocenters. The van der Waals surface area contributed by atoms with Crippen LogP contribution in [0.4, 0.5) is 5.69 Å². The van der Waals surface area contributed by atoms with Crippen molar-refractivity contribution in [1.29, 1.82) is 0 Å². The number of ether oxygens (including phenoxy) is 2. The third kappa shape index (κ3) is 5.92. The Labute approximate surface area is 144 Å². The molecule has 7 nitrogen and oxygen atoms in total. The van der Waals surface area contributed by atoms with E-state index in [0.29, 0.717) is 23.6 Å². The predicted molar refractivity (Wildman–Crippen MR) is 94.3 cm³/mol. The van der Waals surface area contributed by atoms with Crippen molar-refractivity contribution in [2.75, 3.05) is 37.9 Å². The Kier molecular flexibility index (Phi) is 7.84. The standard InChI is InChI=1S/C16H26N2O5S/c1-5-6-7-16(19)17-10-11-18(24(4,20)21)14-9-8-13(22-2)12-15(14)23-3/h8-9,12H,5-7,10-11H2,1-4H3,(H,17,19). The molecule has 1 N–H and O–H groups in total. The number of sulfonamides is 1. The Hall–Kier alpha value is -1.96. The third-order valence-corrected chi connectivity index (χ3v) is 4.63. The van der Waals surface area contributed by atoms with Crippen LogP contribution in [0.25, 0.3) is 0 Å². The average Bonchev–Trinajstić information content (AvgIpc) is 2.55. The van der Waals surface area contributed by atoms with Gasteiger partial charge >= 0.3 is 0 Å². The molecule has 0 aromatic heterocycles. The summed E-state index contributed by atoms with van der Waals surface area (Å²) in [6.45, 7) is 2.36. The minimum atomic E-state index is -3.52. The Morgan fingerprint density at radius 1 is 1.25 bits per heavy atom. The van der Waals surface area contributed by atoms with Crippen LogP contribution in [0.15, 0.2) is 18.2 Å². The average molecular weight is 358 g/mol. The van der Waals surface area contributed by atoms with Crippen LogP contribution in [0.3, 0.4) is 0 Å². The van der Waals surface area contributed by atoms with Gasteiger partial charge in [-0.3, -0.25) is 9.10 Å². The molecule has 0 aliphatic rings. The fourth-order valence-corrected chi connectivity index (χ4v) is 3.11. The molecule has 0 bridgehead atoms. The number of carbonyl (C=O) groups excluding carboxylic acids is 1. The molecule has 0 unspecified atom stereocenters. The summed E-state index contributed by atoms with van der Waals surface area (Å²) in [5, 5.41) is 2.74. The lowest BCUT2D eigenvalue weighted by atomic mass is 10.2. The van der Waals surface area contributed by atoms with Crippen LogP contribution in [-0.2, 0) is 14.8 Å². The van der Waals surface area contributed by atoms with E-state index in [1.54, 1.807) is 18.2 Å². The molecule has 0 fully saturated rings. The van der Waals surface area contributed by atoms with Crippen molar-refractivity contribution in [2.45, 2.75) is 26.2 Å². The number of methoxy groups -OCH3 is 2. The van der Waals surface area contributed by atoms with E-state index in [1.165, 1.54) is 18.5 Å². The number of amides is 1. The minimum absolute atomic E-state index is 0.0769. The first-order valence-electron chi connectivity index (χ1n) is 7.80.